The number of hydrogen-bond donors (Lipinski definition) is 0. The first-order chi connectivity index (χ1) is 27.4. The fourth-order valence-electron chi connectivity index (χ4n) is 8.35. The van der Waals surface area contributed by atoms with Gasteiger partial charge in [0.05, 0.1) is 37.7 Å². The van der Waals surface area contributed by atoms with Gasteiger partial charge in [0.15, 0.2) is 5.69 Å². The van der Waals surface area contributed by atoms with Gasteiger partial charge in [0.2, 0.25) is 0 Å². The normalized spacial score (nSPS) is 11.8. The Bertz CT molecular complexity index is 2830. The Morgan fingerprint density at radius 1 is 0.544 bits per heavy atom. The molecule has 0 radical (unpaired) electrons. The van der Waals surface area contributed by atoms with Crippen LogP contribution in [0.1, 0.15) is 61.8 Å². The second-order valence-corrected chi connectivity index (χ2v) is 22.0. The zero-order valence-corrected chi connectivity index (χ0v) is 35.1. The number of aryl methyl sites for hydroxylation is 1. The van der Waals surface area contributed by atoms with Crippen LogP contribution in [0.15, 0.2) is 133 Å². The van der Waals surface area contributed by atoms with Gasteiger partial charge in [-0.2, -0.15) is 5.26 Å². The smallest absolute Gasteiger partial charge is 0.187 e. The van der Waals surface area contributed by atoms with E-state index in [1.165, 1.54) is 54.2 Å². The molecule has 4 nitrogen and oxygen atoms in total. The molecule has 0 heterocycles. The van der Waals surface area contributed by atoms with E-state index in [0.717, 1.165) is 34.1 Å². The SMILES string of the molecule is [C-]#[N+]c1ccc(N(c2ccc(C)cc2)c2cc(C(C)C)c3ccc4c(N(c5ccc(C#N)cc5)c5ccc([Si](C)(C)C)cc5)cc(C(C)C)c5ccc2c3c54)cc1. The summed E-state index contributed by atoms with van der Waals surface area (Å²) in [6, 6.07) is 50.3. The van der Waals surface area contributed by atoms with E-state index in [1.54, 1.807) is 0 Å². The number of nitrogens with zero attached hydrogens (tertiary/aromatic N) is 4. The first-order valence-electron chi connectivity index (χ1n) is 19.9. The molecular weight excluding hydrogens is 709 g/mol. The number of benzene rings is 8. The molecule has 0 aromatic heterocycles. The van der Waals surface area contributed by atoms with Crippen molar-refractivity contribution in [3.8, 4) is 6.07 Å². The average Bonchev–Trinajstić information content (AvgIpc) is 3.21. The molecule has 0 aliphatic carbocycles. The molecule has 8 aromatic carbocycles. The van der Waals surface area contributed by atoms with E-state index in [1.807, 2.05) is 24.3 Å². The Morgan fingerprint density at radius 2 is 0.930 bits per heavy atom. The Morgan fingerprint density at radius 3 is 1.32 bits per heavy atom. The van der Waals surface area contributed by atoms with Crippen molar-refractivity contribution in [2.24, 2.45) is 0 Å². The van der Waals surface area contributed by atoms with Crippen molar-refractivity contribution in [3.63, 3.8) is 0 Å². The highest BCUT2D eigenvalue weighted by Crippen LogP contribution is 2.51. The van der Waals surface area contributed by atoms with Gasteiger partial charge in [-0.1, -0.05) is 119 Å². The predicted octanol–water partition coefficient (Wildman–Crippen LogP) is 15.0. The van der Waals surface area contributed by atoms with Gasteiger partial charge in [-0.3, -0.25) is 0 Å². The van der Waals surface area contributed by atoms with Crippen molar-refractivity contribution in [2.75, 3.05) is 9.80 Å². The molecular formula is C52H48N4Si. The number of anilines is 6. The topological polar surface area (TPSA) is 34.6 Å². The zero-order valence-electron chi connectivity index (χ0n) is 34.1. The maximum Gasteiger partial charge on any atom is 0.187 e. The molecule has 0 bridgehead atoms. The maximum absolute atomic E-state index is 9.73. The number of hydrogen-bond acceptors (Lipinski definition) is 3. The Labute approximate surface area is 338 Å². The van der Waals surface area contributed by atoms with Crippen LogP contribution in [-0.2, 0) is 0 Å². The lowest BCUT2D eigenvalue weighted by molar-refractivity contribution is 0.875. The van der Waals surface area contributed by atoms with E-state index < -0.39 is 8.07 Å². The van der Waals surface area contributed by atoms with E-state index in [0.29, 0.717) is 11.3 Å². The van der Waals surface area contributed by atoms with Gasteiger partial charge in [-0.25, -0.2) is 4.85 Å². The van der Waals surface area contributed by atoms with Crippen molar-refractivity contribution in [1.82, 2.24) is 0 Å². The molecule has 0 N–H and O–H groups in total. The molecule has 0 unspecified atom stereocenters. The second-order valence-electron chi connectivity index (χ2n) is 16.9. The van der Waals surface area contributed by atoms with Crippen molar-refractivity contribution in [3.05, 3.63) is 167 Å². The van der Waals surface area contributed by atoms with Crippen LogP contribution in [0.3, 0.4) is 0 Å². The summed E-state index contributed by atoms with van der Waals surface area (Å²) in [6.07, 6.45) is 0. The Balaban J connectivity index is 1.49. The summed E-state index contributed by atoms with van der Waals surface area (Å²) in [7, 11) is -1.53. The molecule has 8 aromatic rings. The van der Waals surface area contributed by atoms with E-state index in [2.05, 4.69) is 184 Å². The lowest BCUT2D eigenvalue weighted by atomic mass is 9.84. The first-order valence-corrected chi connectivity index (χ1v) is 23.4. The number of rotatable bonds is 9. The molecule has 0 amide bonds. The van der Waals surface area contributed by atoms with Gasteiger partial charge in [0, 0.05) is 33.5 Å². The molecule has 0 spiro atoms. The molecule has 57 heavy (non-hydrogen) atoms. The summed E-state index contributed by atoms with van der Waals surface area (Å²) in [4.78, 5) is 8.44. The highest BCUT2D eigenvalue weighted by Gasteiger charge is 2.26. The molecule has 280 valence electrons. The fraction of sp³-hybridized carbons (Fsp3) is 0.192. The summed E-state index contributed by atoms with van der Waals surface area (Å²) in [6.45, 7) is 26.1. The molecule has 0 aliphatic heterocycles. The van der Waals surface area contributed by atoms with Gasteiger partial charge in [-0.05, 0) is 124 Å². The zero-order chi connectivity index (χ0) is 40.2. The van der Waals surface area contributed by atoms with Crippen molar-refractivity contribution in [2.45, 2.75) is 66.1 Å². The third kappa shape index (κ3) is 6.69. The van der Waals surface area contributed by atoms with Crippen molar-refractivity contribution < 1.29 is 0 Å². The lowest BCUT2D eigenvalue weighted by Crippen LogP contribution is -2.37. The van der Waals surface area contributed by atoms with Crippen molar-refractivity contribution in [1.29, 1.82) is 5.26 Å². The molecule has 0 saturated heterocycles. The second kappa shape index (κ2) is 14.6. The fourth-order valence-corrected chi connectivity index (χ4v) is 9.52. The monoisotopic (exact) mass is 756 g/mol. The van der Waals surface area contributed by atoms with E-state index >= 15 is 0 Å². The van der Waals surface area contributed by atoms with E-state index in [-0.39, 0.29) is 11.8 Å². The van der Waals surface area contributed by atoms with Crippen LogP contribution in [0.4, 0.5) is 39.8 Å². The van der Waals surface area contributed by atoms with E-state index in [9.17, 15) is 5.26 Å². The Kier molecular flexibility index (Phi) is 9.60. The van der Waals surface area contributed by atoms with E-state index in [4.69, 9.17) is 6.57 Å². The quantitative estimate of drug-likeness (QED) is 0.0836. The Hall–Kier alpha value is -6.40. The molecule has 0 atom stereocenters. The third-order valence-corrected chi connectivity index (χ3v) is 13.5. The largest absolute Gasteiger partial charge is 0.310 e. The van der Waals surface area contributed by atoms with Gasteiger partial charge in [-0.15, -0.1) is 0 Å². The van der Waals surface area contributed by atoms with Crippen LogP contribution in [0.2, 0.25) is 19.6 Å². The third-order valence-electron chi connectivity index (χ3n) is 11.4. The van der Waals surface area contributed by atoms with Crippen LogP contribution >= 0.6 is 0 Å². The highest BCUT2D eigenvalue weighted by molar-refractivity contribution is 6.88. The minimum atomic E-state index is -1.53. The summed E-state index contributed by atoms with van der Waals surface area (Å²) in [5, 5.41) is 18.6. The standard InChI is InChI=1S/C52H48N4Si/c1-33(2)47-30-49(55(38-16-10-35(5)11-17-38)40-20-14-37(54-6)15-21-40)45-28-26-44-48(34(3)4)31-50(46-29-27-43(47)51(45)52(44)46)56(39-18-12-36(32-53)13-19-39)41-22-24-42(25-23-41)57(7,8)9/h10-31,33-34H,1-5,7-9H3. The first kappa shape index (κ1) is 37.5. The number of nitriles is 1. The van der Waals surface area contributed by atoms with Gasteiger partial charge in [0.25, 0.3) is 0 Å². The average molecular weight is 757 g/mol. The van der Waals surface area contributed by atoms with Crippen molar-refractivity contribution >= 4 is 85.4 Å². The van der Waals surface area contributed by atoms with Crippen LogP contribution < -0.4 is 15.0 Å². The molecule has 0 fully saturated rings. The van der Waals surface area contributed by atoms with Crippen LogP contribution in [0.25, 0.3) is 37.2 Å². The van der Waals surface area contributed by atoms with Crippen LogP contribution in [-0.4, -0.2) is 8.07 Å². The summed E-state index contributed by atoms with van der Waals surface area (Å²) >= 11 is 0. The predicted molar refractivity (Wildman–Crippen MR) is 246 cm³/mol. The molecule has 8 rings (SSSR count). The van der Waals surface area contributed by atoms with Crippen LogP contribution in [0.5, 0.6) is 0 Å². The summed E-state index contributed by atoms with van der Waals surface area (Å²) < 4.78 is 0. The minimum Gasteiger partial charge on any atom is -0.310 e. The minimum absolute atomic E-state index is 0.263. The summed E-state index contributed by atoms with van der Waals surface area (Å²) in [5.74, 6) is 0.529. The van der Waals surface area contributed by atoms with Gasteiger partial charge >= 0.3 is 0 Å². The molecule has 0 saturated carbocycles. The summed E-state index contributed by atoms with van der Waals surface area (Å²) in [5.41, 5.74) is 11.5. The molecule has 0 aliphatic rings. The van der Waals surface area contributed by atoms with Crippen LogP contribution in [0, 0.1) is 24.8 Å². The molecule has 5 heteroatoms. The van der Waals surface area contributed by atoms with Gasteiger partial charge < -0.3 is 9.80 Å². The highest BCUT2D eigenvalue weighted by atomic mass is 28.3. The maximum atomic E-state index is 9.73. The lowest BCUT2D eigenvalue weighted by Gasteiger charge is -2.32. The van der Waals surface area contributed by atoms with Gasteiger partial charge in [0.1, 0.15) is 0 Å².